The van der Waals surface area contributed by atoms with Crippen LogP contribution in [-0.4, -0.2) is 34.7 Å². The molecule has 1 rings (SSSR count). The highest BCUT2D eigenvalue weighted by Crippen LogP contribution is 2.07. The Bertz CT molecular complexity index is 161. The van der Waals surface area contributed by atoms with Crippen molar-refractivity contribution in [1.82, 2.24) is 9.91 Å². The highest BCUT2D eigenvalue weighted by Gasteiger charge is 2.23. The summed E-state index contributed by atoms with van der Waals surface area (Å²) >= 11 is 4.92. The third-order valence-corrected chi connectivity index (χ3v) is 2.02. The quantitative estimate of drug-likeness (QED) is 0.436. The molecule has 5 heteroatoms. The van der Waals surface area contributed by atoms with Crippen molar-refractivity contribution in [3.05, 3.63) is 4.91 Å². The molecule has 0 saturated carbocycles. The van der Waals surface area contributed by atoms with Gasteiger partial charge in [0.1, 0.15) is 0 Å². The predicted octanol–water partition coefficient (Wildman–Crippen LogP) is 0.590. The summed E-state index contributed by atoms with van der Waals surface area (Å²) in [6, 6.07) is 0. The normalized spacial score (nSPS) is 18.3. The van der Waals surface area contributed by atoms with Gasteiger partial charge in [0.25, 0.3) is 0 Å². The van der Waals surface area contributed by atoms with Crippen LogP contribution in [0.4, 0.5) is 0 Å². The Morgan fingerprint density at radius 2 is 2.40 bits per heavy atom. The fourth-order valence-corrected chi connectivity index (χ4v) is 1.28. The molecule has 4 nitrogen and oxygen atoms in total. The first kappa shape index (κ1) is 7.40. The average molecular weight is 159 g/mol. The van der Waals surface area contributed by atoms with Crippen molar-refractivity contribution in [1.29, 1.82) is 0 Å². The molecule has 0 aromatic rings. The van der Waals surface area contributed by atoms with Crippen molar-refractivity contribution in [2.45, 2.75) is 6.92 Å². The molecule has 10 heavy (non-hydrogen) atoms. The van der Waals surface area contributed by atoms with Gasteiger partial charge in [-0.05, 0) is 19.1 Å². The van der Waals surface area contributed by atoms with Crippen LogP contribution in [0, 0.1) is 4.91 Å². The van der Waals surface area contributed by atoms with Crippen molar-refractivity contribution in [3.63, 3.8) is 0 Å². The topological polar surface area (TPSA) is 35.9 Å². The Balaban J connectivity index is 2.57. The summed E-state index contributed by atoms with van der Waals surface area (Å²) in [5, 5.41) is 4.62. The summed E-state index contributed by atoms with van der Waals surface area (Å²) in [5.74, 6) is 0. The van der Waals surface area contributed by atoms with Crippen LogP contribution in [0.15, 0.2) is 5.29 Å². The lowest BCUT2D eigenvalue weighted by atomic mass is 10.6. The molecule has 1 fully saturated rings. The summed E-state index contributed by atoms with van der Waals surface area (Å²) in [5.41, 5.74) is 0. The maximum Gasteiger partial charge on any atom is 0.194 e. The number of thiocarbonyl (C=S) groups is 1. The predicted molar refractivity (Wildman–Crippen MR) is 42.3 cm³/mol. The number of rotatable bonds is 2. The lowest BCUT2D eigenvalue weighted by Crippen LogP contribution is -2.27. The van der Waals surface area contributed by atoms with Crippen LogP contribution < -0.4 is 0 Å². The van der Waals surface area contributed by atoms with E-state index in [1.165, 1.54) is 5.01 Å². The summed E-state index contributed by atoms with van der Waals surface area (Å²) in [7, 11) is 0. The zero-order chi connectivity index (χ0) is 7.56. The SMILES string of the molecule is CCN1CCN(N=O)C1=S. The summed E-state index contributed by atoms with van der Waals surface area (Å²) in [6.45, 7) is 4.31. The lowest BCUT2D eigenvalue weighted by Gasteiger charge is -2.13. The largest absolute Gasteiger partial charge is 0.346 e. The average Bonchev–Trinajstić information content (AvgIpc) is 2.30. The van der Waals surface area contributed by atoms with Gasteiger partial charge >= 0.3 is 0 Å². The van der Waals surface area contributed by atoms with E-state index in [4.69, 9.17) is 12.2 Å². The van der Waals surface area contributed by atoms with Crippen LogP contribution >= 0.6 is 12.2 Å². The lowest BCUT2D eigenvalue weighted by molar-refractivity contribution is 0.486. The molecule has 0 spiro atoms. The van der Waals surface area contributed by atoms with Gasteiger partial charge in [-0.3, -0.25) is 0 Å². The van der Waals surface area contributed by atoms with E-state index in [-0.39, 0.29) is 0 Å². The molecule has 0 aromatic heterocycles. The molecule has 1 heterocycles. The second-order valence-electron chi connectivity index (χ2n) is 2.07. The molecule has 56 valence electrons. The first-order valence-electron chi connectivity index (χ1n) is 3.19. The van der Waals surface area contributed by atoms with E-state index in [2.05, 4.69) is 5.29 Å². The minimum absolute atomic E-state index is 0.553. The fraction of sp³-hybridized carbons (Fsp3) is 0.800. The van der Waals surface area contributed by atoms with E-state index in [0.29, 0.717) is 11.7 Å². The Hall–Kier alpha value is -0.710. The van der Waals surface area contributed by atoms with E-state index in [1.807, 2.05) is 11.8 Å². The Kier molecular flexibility index (Phi) is 2.16. The molecule has 0 aliphatic carbocycles. The summed E-state index contributed by atoms with van der Waals surface area (Å²) < 4.78 is 0. The van der Waals surface area contributed by atoms with Gasteiger partial charge in [0, 0.05) is 13.1 Å². The van der Waals surface area contributed by atoms with Gasteiger partial charge in [0.05, 0.1) is 11.8 Å². The minimum atomic E-state index is 0.553. The molecule has 0 amide bonds. The van der Waals surface area contributed by atoms with E-state index < -0.39 is 0 Å². The Morgan fingerprint density at radius 1 is 1.70 bits per heavy atom. The van der Waals surface area contributed by atoms with Gasteiger partial charge in [-0.2, -0.15) is 0 Å². The van der Waals surface area contributed by atoms with E-state index >= 15 is 0 Å². The van der Waals surface area contributed by atoms with Gasteiger partial charge in [-0.15, -0.1) is 4.91 Å². The number of nitroso groups, excluding NO2 is 1. The van der Waals surface area contributed by atoms with Gasteiger partial charge in [0.2, 0.25) is 0 Å². The standard InChI is InChI=1S/C5H9N3OS/c1-2-7-3-4-8(6-9)5(7)10/h2-4H2,1H3. The highest BCUT2D eigenvalue weighted by atomic mass is 32.1. The Morgan fingerprint density at radius 3 is 2.70 bits per heavy atom. The van der Waals surface area contributed by atoms with Crippen LogP contribution in [0.1, 0.15) is 6.92 Å². The first-order valence-corrected chi connectivity index (χ1v) is 3.60. The molecule has 0 bridgehead atoms. The minimum Gasteiger partial charge on any atom is -0.346 e. The van der Waals surface area contributed by atoms with Crippen molar-refractivity contribution in [2.24, 2.45) is 5.29 Å². The zero-order valence-corrected chi connectivity index (χ0v) is 6.60. The van der Waals surface area contributed by atoms with Crippen molar-refractivity contribution < 1.29 is 0 Å². The molecule has 0 unspecified atom stereocenters. The molecule has 0 radical (unpaired) electrons. The third kappa shape index (κ3) is 1.09. The number of likely N-dealkylation sites (N-methyl/N-ethyl adjacent to an activating group) is 1. The number of nitrogens with zero attached hydrogens (tertiary/aromatic N) is 3. The van der Waals surface area contributed by atoms with Gasteiger partial charge in [-0.1, -0.05) is 0 Å². The Labute approximate surface area is 64.7 Å². The monoisotopic (exact) mass is 159 g/mol. The van der Waals surface area contributed by atoms with Gasteiger partial charge in [0.15, 0.2) is 5.11 Å². The maximum absolute atomic E-state index is 10.0. The molecule has 0 atom stereocenters. The molecule has 1 aliphatic rings. The molecule has 1 saturated heterocycles. The number of hydrogen-bond donors (Lipinski definition) is 0. The van der Waals surface area contributed by atoms with Crippen molar-refractivity contribution in [3.8, 4) is 0 Å². The third-order valence-electron chi connectivity index (χ3n) is 1.55. The molecular formula is C5H9N3OS. The molecule has 0 aromatic carbocycles. The smallest absolute Gasteiger partial charge is 0.194 e. The first-order chi connectivity index (χ1) is 4.79. The van der Waals surface area contributed by atoms with Crippen LogP contribution in [0.2, 0.25) is 0 Å². The molecule has 0 N–H and O–H groups in total. The second-order valence-corrected chi connectivity index (χ2v) is 2.43. The molecule has 1 aliphatic heterocycles. The van der Waals surface area contributed by atoms with E-state index in [9.17, 15) is 4.91 Å². The van der Waals surface area contributed by atoms with Crippen LogP contribution in [0.5, 0.6) is 0 Å². The van der Waals surface area contributed by atoms with Crippen LogP contribution in [-0.2, 0) is 0 Å². The zero-order valence-electron chi connectivity index (χ0n) is 5.78. The summed E-state index contributed by atoms with van der Waals surface area (Å²) in [4.78, 5) is 12.0. The van der Waals surface area contributed by atoms with E-state index in [0.717, 1.165) is 13.1 Å². The fourth-order valence-electron chi connectivity index (χ4n) is 0.939. The summed E-state index contributed by atoms with van der Waals surface area (Å²) in [6.07, 6.45) is 0. The highest BCUT2D eigenvalue weighted by molar-refractivity contribution is 7.80. The maximum atomic E-state index is 10.0. The van der Waals surface area contributed by atoms with Crippen LogP contribution in [0.25, 0.3) is 0 Å². The van der Waals surface area contributed by atoms with Gasteiger partial charge < -0.3 is 4.90 Å². The second kappa shape index (κ2) is 2.92. The van der Waals surface area contributed by atoms with Crippen LogP contribution in [0.3, 0.4) is 0 Å². The van der Waals surface area contributed by atoms with E-state index in [1.54, 1.807) is 0 Å². The number of hydrogen-bond acceptors (Lipinski definition) is 3. The van der Waals surface area contributed by atoms with Crippen molar-refractivity contribution in [2.75, 3.05) is 19.6 Å². The molecular weight excluding hydrogens is 150 g/mol. The van der Waals surface area contributed by atoms with Crippen molar-refractivity contribution >= 4 is 17.3 Å². The van der Waals surface area contributed by atoms with Gasteiger partial charge in [-0.25, -0.2) is 5.01 Å².